The van der Waals surface area contributed by atoms with Crippen LogP contribution in [0.25, 0.3) is 11.1 Å². The lowest BCUT2D eigenvalue weighted by Gasteiger charge is -2.14. The van der Waals surface area contributed by atoms with Crippen LogP contribution in [-0.2, 0) is 20.9 Å². The molecule has 1 saturated carbocycles. The molecule has 9 heteroatoms. The summed E-state index contributed by atoms with van der Waals surface area (Å²) < 4.78 is 13.4. The third-order valence-corrected chi connectivity index (χ3v) is 5.09. The molecule has 1 aliphatic rings. The Morgan fingerprint density at radius 2 is 2.00 bits per heavy atom. The zero-order valence-electron chi connectivity index (χ0n) is 15.9. The van der Waals surface area contributed by atoms with Crippen LogP contribution in [0, 0.1) is 0 Å². The van der Waals surface area contributed by atoms with Crippen molar-refractivity contribution in [2.75, 3.05) is 11.9 Å². The van der Waals surface area contributed by atoms with Crippen molar-refractivity contribution in [3.05, 3.63) is 47.1 Å². The molecular formula is C20H22N4O5. The number of hydrogen-bond acceptors (Lipinski definition) is 6. The van der Waals surface area contributed by atoms with Crippen LogP contribution in [0.15, 0.2) is 45.7 Å². The van der Waals surface area contributed by atoms with Crippen molar-refractivity contribution in [2.45, 2.75) is 44.7 Å². The van der Waals surface area contributed by atoms with Crippen LogP contribution in [-0.4, -0.2) is 32.8 Å². The molecule has 0 aliphatic heterocycles. The smallest absolute Gasteiger partial charge is 0.419 e. The number of aryl methyl sites for hydroxylation is 1. The molecule has 0 saturated heterocycles. The summed E-state index contributed by atoms with van der Waals surface area (Å²) in [5, 5.41) is 7.03. The van der Waals surface area contributed by atoms with Gasteiger partial charge in [0.15, 0.2) is 12.2 Å². The molecular weight excluding hydrogens is 376 g/mol. The fraction of sp³-hybridized carbons (Fsp3) is 0.400. The van der Waals surface area contributed by atoms with Gasteiger partial charge < -0.3 is 14.5 Å². The number of carbonyl (C=O) groups is 2. The van der Waals surface area contributed by atoms with Gasteiger partial charge >= 0.3 is 11.7 Å². The molecule has 1 amide bonds. The van der Waals surface area contributed by atoms with Gasteiger partial charge in [-0.3, -0.25) is 14.2 Å². The van der Waals surface area contributed by atoms with Gasteiger partial charge in [-0.2, -0.15) is 5.10 Å². The van der Waals surface area contributed by atoms with Crippen molar-refractivity contribution in [3.8, 4) is 0 Å². The molecule has 9 nitrogen and oxygen atoms in total. The highest BCUT2D eigenvalue weighted by atomic mass is 16.5. The second kappa shape index (κ2) is 8.34. The molecule has 29 heavy (non-hydrogen) atoms. The van der Waals surface area contributed by atoms with E-state index >= 15 is 0 Å². The Morgan fingerprint density at radius 3 is 2.83 bits per heavy atom. The average molecular weight is 398 g/mol. The van der Waals surface area contributed by atoms with Gasteiger partial charge in [0.2, 0.25) is 0 Å². The number of amides is 1. The molecule has 1 aromatic carbocycles. The van der Waals surface area contributed by atoms with Gasteiger partial charge in [0.1, 0.15) is 5.82 Å². The van der Waals surface area contributed by atoms with Crippen LogP contribution in [0.5, 0.6) is 0 Å². The van der Waals surface area contributed by atoms with E-state index in [0.717, 1.165) is 25.7 Å². The van der Waals surface area contributed by atoms with Crippen LogP contribution >= 0.6 is 0 Å². The highest BCUT2D eigenvalue weighted by Crippen LogP contribution is 2.31. The van der Waals surface area contributed by atoms with Crippen LogP contribution in [0.2, 0.25) is 0 Å². The molecule has 3 aromatic rings. The maximum absolute atomic E-state index is 12.1. The van der Waals surface area contributed by atoms with Crippen LogP contribution in [0.1, 0.15) is 38.1 Å². The Bertz CT molecular complexity index is 1070. The molecule has 2 aromatic heterocycles. The lowest BCUT2D eigenvalue weighted by molar-refractivity contribution is -0.147. The number of para-hydroxylation sites is 2. The molecule has 4 rings (SSSR count). The van der Waals surface area contributed by atoms with E-state index in [9.17, 15) is 14.4 Å². The second-order valence-corrected chi connectivity index (χ2v) is 7.05. The van der Waals surface area contributed by atoms with E-state index < -0.39 is 24.2 Å². The number of anilines is 1. The second-order valence-electron chi connectivity index (χ2n) is 7.05. The summed E-state index contributed by atoms with van der Waals surface area (Å²) in [6, 6.07) is 9.01. The number of carbonyl (C=O) groups excluding carboxylic acids is 2. The van der Waals surface area contributed by atoms with E-state index in [-0.39, 0.29) is 13.0 Å². The van der Waals surface area contributed by atoms with Gasteiger partial charge in [-0.25, -0.2) is 9.48 Å². The van der Waals surface area contributed by atoms with Crippen molar-refractivity contribution >= 4 is 28.8 Å². The minimum atomic E-state index is -0.568. The summed E-state index contributed by atoms with van der Waals surface area (Å²) >= 11 is 0. The fourth-order valence-corrected chi connectivity index (χ4v) is 3.68. The number of nitrogens with zero attached hydrogens (tertiary/aromatic N) is 3. The maximum Gasteiger partial charge on any atom is 0.419 e. The Hall–Kier alpha value is -3.36. The van der Waals surface area contributed by atoms with Crippen LogP contribution in [0.4, 0.5) is 5.82 Å². The molecule has 1 fully saturated rings. The first-order valence-corrected chi connectivity index (χ1v) is 9.69. The maximum atomic E-state index is 12.1. The molecule has 0 atom stereocenters. The van der Waals surface area contributed by atoms with Gasteiger partial charge in [-0.1, -0.05) is 25.0 Å². The van der Waals surface area contributed by atoms with E-state index in [4.69, 9.17) is 9.15 Å². The third-order valence-electron chi connectivity index (χ3n) is 5.09. The number of oxazole rings is 1. The number of esters is 1. The molecule has 1 N–H and O–H groups in total. The van der Waals surface area contributed by atoms with Crippen LogP contribution < -0.4 is 11.1 Å². The fourth-order valence-electron chi connectivity index (χ4n) is 3.68. The van der Waals surface area contributed by atoms with E-state index in [1.807, 2.05) is 4.68 Å². The standard InChI is InChI=1S/C20H22N4O5/c25-18(22-17-9-11-21-24(17)14-5-1-2-6-14)13-28-19(26)10-12-23-15-7-3-4-8-16(15)29-20(23)27/h3-4,7-9,11,14H,1-2,5-6,10,12-13H2,(H,22,25). The topological polar surface area (TPSA) is 108 Å². The quantitative estimate of drug-likeness (QED) is 0.613. The Kier molecular flexibility index (Phi) is 5.46. The van der Waals surface area contributed by atoms with Crippen molar-refractivity contribution in [1.29, 1.82) is 0 Å². The zero-order chi connectivity index (χ0) is 20.2. The highest BCUT2D eigenvalue weighted by molar-refractivity contribution is 5.92. The summed E-state index contributed by atoms with van der Waals surface area (Å²) in [7, 11) is 0. The summed E-state index contributed by atoms with van der Waals surface area (Å²) in [5.41, 5.74) is 1.08. The van der Waals surface area contributed by atoms with Crippen molar-refractivity contribution in [3.63, 3.8) is 0 Å². The van der Waals surface area contributed by atoms with E-state index in [0.29, 0.717) is 23.0 Å². The monoisotopic (exact) mass is 398 g/mol. The number of rotatable bonds is 7. The third kappa shape index (κ3) is 4.23. The average Bonchev–Trinajstić information content (AvgIpc) is 3.44. The Labute approximate surface area is 166 Å². The first kappa shape index (κ1) is 19.0. The van der Waals surface area contributed by atoms with Crippen molar-refractivity contribution in [2.24, 2.45) is 0 Å². The number of fused-ring (bicyclic) bond motifs is 1. The SMILES string of the molecule is O=C(COC(=O)CCn1c(=O)oc2ccccc21)Nc1ccnn1C1CCCC1. The lowest BCUT2D eigenvalue weighted by atomic mass is 10.2. The number of nitrogens with one attached hydrogen (secondary N) is 1. The summed E-state index contributed by atoms with van der Waals surface area (Å²) in [5.74, 6) is -0.919. The number of ether oxygens (including phenoxy) is 1. The van der Waals surface area contributed by atoms with Gasteiger partial charge in [0.05, 0.1) is 24.2 Å². The minimum Gasteiger partial charge on any atom is -0.456 e. The van der Waals surface area contributed by atoms with Crippen molar-refractivity contribution < 1.29 is 18.7 Å². The first-order valence-electron chi connectivity index (χ1n) is 9.69. The highest BCUT2D eigenvalue weighted by Gasteiger charge is 2.21. The van der Waals surface area contributed by atoms with Gasteiger partial charge in [-0.15, -0.1) is 0 Å². The molecule has 152 valence electrons. The van der Waals surface area contributed by atoms with E-state index in [1.54, 1.807) is 36.5 Å². The van der Waals surface area contributed by atoms with Gasteiger partial charge in [-0.05, 0) is 25.0 Å². The lowest BCUT2D eigenvalue weighted by Crippen LogP contribution is -2.24. The molecule has 0 radical (unpaired) electrons. The molecule has 0 unspecified atom stereocenters. The normalized spacial score (nSPS) is 14.3. The van der Waals surface area contributed by atoms with Crippen molar-refractivity contribution in [1.82, 2.24) is 14.3 Å². The molecule has 0 bridgehead atoms. The number of hydrogen-bond donors (Lipinski definition) is 1. The predicted octanol–water partition coefficient (Wildman–Crippen LogP) is 2.48. The van der Waals surface area contributed by atoms with E-state index in [1.165, 1.54) is 4.57 Å². The largest absolute Gasteiger partial charge is 0.456 e. The van der Waals surface area contributed by atoms with Gasteiger partial charge in [0, 0.05) is 12.6 Å². The molecule has 0 spiro atoms. The Balaban J connectivity index is 1.27. The number of aromatic nitrogens is 3. The van der Waals surface area contributed by atoms with Gasteiger partial charge in [0.25, 0.3) is 5.91 Å². The Morgan fingerprint density at radius 1 is 1.21 bits per heavy atom. The summed E-state index contributed by atoms with van der Waals surface area (Å²) in [4.78, 5) is 36.1. The number of benzene rings is 1. The summed E-state index contributed by atoms with van der Waals surface area (Å²) in [6.45, 7) is -0.277. The molecule has 1 aliphatic carbocycles. The van der Waals surface area contributed by atoms with Crippen LogP contribution in [0.3, 0.4) is 0 Å². The minimum absolute atomic E-state index is 0.0449. The zero-order valence-corrected chi connectivity index (χ0v) is 15.9. The first-order chi connectivity index (χ1) is 14.1. The van der Waals surface area contributed by atoms with E-state index in [2.05, 4.69) is 10.4 Å². The molecule has 2 heterocycles. The summed E-state index contributed by atoms with van der Waals surface area (Å²) in [6.07, 6.45) is 6.00. The predicted molar refractivity (Wildman–Crippen MR) is 104 cm³/mol.